The van der Waals surface area contributed by atoms with Gasteiger partial charge in [0.2, 0.25) is 0 Å². The maximum Gasteiger partial charge on any atom is 0.152 e. The van der Waals surface area contributed by atoms with Crippen molar-refractivity contribution < 1.29 is 9.90 Å². The molecule has 2 rings (SSSR count). The van der Waals surface area contributed by atoms with Crippen LogP contribution in [0, 0.1) is 0 Å². The number of phenolic OH excluding ortho intramolecular Hbond substituents is 1. The Balaban J connectivity index is 2.83. The first-order chi connectivity index (χ1) is 6.77. The normalized spacial score (nSPS) is 10.6. The van der Waals surface area contributed by atoms with Gasteiger partial charge in [0.25, 0.3) is 0 Å². The van der Waals surface area contributed by atoms with Crippen LogP contribution in [0.5, 0.6) is 5.75 Å². The number of hydrogen-bond donors (Lipinski definition) is 2. The Hall–Kier alpha value is -1.77. The van der Waals surface area contributed by atoms with E-state index in [2.05, 4.69) is 4.98 Å². The molecule has 0 unspecified atom stereocenters. The fraction of sp³-hybridized carbons (Fsp3) is 0.182. The topological polar surface area (TPSA) is 53.1 Å². The van der Waals surface area contributed by atoms with Crippen LogP contribution in [-0.2, 0) is 6.42 Å². The zero-order valence-electron chi connectivity index (χ0n) is 7.87. The van der Waals surface area contributed by atoms with Gasteiger partial charge in [0.1, 0.15) is 5.75 Å². The molecule has 1 aromatic carbocycles. The van der Waals surface area contributed by atoms with E-state index in [0.717, 1.165) is 23.8 Å². The molecule has 0 bridgehead atoms. The van der Waals surface area contributed by atoms with E-state index in [0.29, 0.717) is 10.9 Å². The van der Waals surface area contributed by atoms with Crippen LogP contribution in [0.1, 0.15) is 22.8 Å². The number of nitrogens with one attached hydrogen (secondary N) is 1. The summed E-state index contributed by atoms with van der Waals surface area (Å²) in [5, 5.41) is 10.5. The fourth-order valence-electron chi connectivity index (χ4n) is 1.65. The summed E-state index contributed by atoms with van der Waals surface area (Å²) in [4.78, 5) is 13.6. The third-order valence-electron chi connectivity index (χ3n) is 2.44. The van der Waals surface area contributed by atoms with Crippen LogP contribution >= 0.6 is 0 Å². The van der Waals surface area contributed by atoms with Gasteiger partial charge in [-0.25, -0.2) is 0 Å². The lowest BCUT2D eigenvalue weighted by molar-refractivity contribution is 0.112. The highest BCUT2D eigenvalue weighted by molar-refractivity contribution is 6.01. The number of aromatic nitrogens is 1. The van der Waals surface area contributed by atoms with Crippen LogP contribution < -0.4 is 0 Å². The van der Waals surface area contributed by atoms with Crippen molar-refractivity contribution >= 4 is 17.2 Å². The molecule has 0 aliphatic carbocycles. The summed E-state index contributed by atoms with van der Waals surface area (Å²) in [6, 6.07) is 3.74. The molecule has 3 nitrogen and oxygen atoms in total. The quantitative estimate of drug-likeness (QED) is 0.712. The van der Waals surface area contributed by atoms with Crippen molar-refractivity contribution in [3.05, 3.63) is 29.5 Å². The predicted octanol–water partition coefficient (Wildman–Crippen LogP) is 2.25. The van der Waals surface area contributed by atoms with Crippen molar-refractivity contribution in [1.82, 2.24) is 4.98 Å². The summed E-state index contributed by atoms with van der Waals surface area (Å²) in [7, 11) is 0. The second-order valence-corrected chi connectivity index (χ2v) is 3.21. The van der Waals surface area contributed by atoms with Crippen molar-refractivity contribution in [2.75, 3.05) is 0 Å². The van der Waals surface area contributed by atoms with Gasteiger partial charge in [-0.05, 0) is 18.1 Å². The molecule has 0 fully saturated rings. The number of hydrogen-bond acceptors (Lipinski definition) is 2. The number of benzene rings is 1. The molecule has 3 heteroatoms. The summed E-state index contributed by atoms with van der Waals surface area (Å²) in [5.41, 5.74) is 2.16. The maximum atomic E-state index is 10.7. The maximum absolute atomic E-state index is 10.7. The molecule has 0 spiro atoms. The number of H-pyrrole nitrogens is 1. The number of carbonyl (C=O) groups is 1. The van der Waals surface area contributed by atoms with Crippen molar-refractivity contribution in [2.24, 2.45) is 0 Å². The first-order valence-electron chi connectivity index (χ1n) is 4.55. The van der Waals surface area contributed by atoms with E-state index in [4.69, 9.17) is 0 Å². The monoisotopic (exact) mass is 189 g/mol. The third-order valence-corrected chi connectivity index (χ3v) is 2.44. The number of aldehydes is 1. The van der Waals surface area contributed by atoms with Crippen LogP contribution in [0.2, 0.25) is 0 Å². The Kier molecular flexibility index (Phi) is 2.00. The molecular formula is C11H11NO2. The van der Waals surface area contributed by atoms with Crippen molar-refractivity contribution in [3.63, 3.8) is 0 Å². The lowest BCUT2D eigenvalue weighted by atomic mass is 10.1. The van der Waals surface area contributed by atoms with Crippen LogP contribution in [0.15, 0.2) is 18.3 Å². The Bertz CT molecular complexity index is 485. The van der Waals surface area contributed by atoms with E-state index in [1.807, 2.05) is 19.1 Å². The number of fused-ring (bicyclic) bond motifs is 1. The molecule has 2 N–H and O–H groups in total. The average molecular weight is 189 g/mol. The highest BCUT2D eigenvalue weighted by Crippen LogP contribution is 2.30. The Morgan fingerprint density at radius 2 is 2.29 bits per heavy atom. The summed E-state index contributed by atoms with van der Waals surface area (Å²) in [5.74, 6) is 0.216. The first kappa shape index (κ1) is 8.81. The van der Waals surface area contributed by atoms with Gasteiger partial charge in [0.15, 0.2) is 6.29 Å². The standard InChI is InChI=1S/C11H11NO2/c1-2-7-3-4-9-10(11(7)14)8(6-13)5-12-9/h3-6,12,14H,2H2,1H3. The molecule has 72 valence electrons. The molecule has 0 saturated heterocycles. The van der Waals surface area contributed by atoms with E-state index < -0.39 is 0 Å². The van der Waals surface area contributed by atoms with Gasteiger partial charge in [-0.2, -0.15) is 0 Å². The molecule has 0 aliphatic heterocycles. The minimum absolute atomic E-state index is 0.216. The predicted molar refractivity (Wildman–Crippen MR) is 54.7 cm³/mol. The molecule has 14 heavy (non-hydrogen) atoms. The number of aromatic hydroxyl groups is 1. The average Bonchev–Trinajstić information content (AvgIpc) is 2.62. The van der Waals surface area contributed by atoms with Gasteiger partial charge in [-0.3, -0.25) is 4.79 Å². The number of carbonyl (C=O) groups excluding carboxylic acids is 1. The molecule has 0 aliphatic rings. The van der Waals surface area contributed by atoms with Crippen LogP contribution in [0.25, 0.3) is 10.9 Å². The first-order valence-corrected chi connectivity index (χ1v) is 4.55. The summed E-state index contributed by atoms with van der Waals surface area (Å²) in [6.07, 6.45) is 3.11. The van der Waals surface area contributed by atoms with Gasteiger partial charge in [-0.15, -0.1) is 0 Å². The van der Waals surface area contributed by atoms with E-state index in [9.17, 15) is 9.90 Å². The van der Waals surface area contributed by atoms with Gasteiger partial charge in [0, 0.05) is 17.3 Å². The smallest absolute Gasteiger partial charge is 0.152 e. The summed E-state index contributed by atoms with van der Waals surface area (Å²) < 4.78 is 0. The number of rotatable bonds is 2. The van der Waals surface area contributed by atoms with E-state index in [1.165, 1.54) is 0 Å². The van der Waals surface area contributed by atoms with Gasteiger partial charge < -0.3 is 10.1 Å². The molecule has 0 amide bonds. The number of phenols is 1. The summed E-state index contributed by atoms with van der Waals surface area (Å²) >= 11 is 0. The van der Waals surface area contributed by atoms with Crippen LogP contribution in [0.4, 0.5) is 0 Å². The third kappa shape index (κ3) is 1.09. The Morgan fingerprint density at radius 1 is 1.50 bits per heavy atom. The van der Waals surface area contributed by atoms with Gasteiger partial charge in [-0.1, -0.05) is 13.0 Å². The fourth-order valence-corrected chi connectivity index (χ4v) is 1.65. The molecule has 1 aromatic heterocycles. The van der Waals surface area contributed by atoms with Crippen LogP contribution in [-0.4, -0.2) is 16.4 Å². The molecule has 0 radical (unpaired) electrons. The largest absolute Gasteiger partial charge is 0.507 e. The second kappa shape index (κ2) is 3.18. The molecule has 0 atom stereocenters. The number of aryl methyl sites for hydroxylation is 1. The Labute approximate surface area is 81.4 Å². The minimum atomic E-state index is 0.216. The van der Waals surface area contributed by atoms with E-state index >= 15 is 0 Å². The zero-order chi connectivity index (χ0) is 10.1. The SMILES string of the molecule is CCc1ccc2[nH]cc(C=O)c2c1O. The zero-order valence-corrected chi connectivity index (χ0v) is 7.87. The highest BCUT2D eigenvalue weighted by Gasteiger charge is 2.10. The van der Waals surface area contributed by atoms with Gasteiger partial charge >= 0.3 is 0 Å². The molecule has 2 aromatic rings. The lowest BCUT2D eigenvalue weighted by Gasteiger charge is -2.02. The van der Waals surface area contributed by atoms with Crippen molar-refractivity contribution in [2.45, 2.75) is 13.3 Å². The Morgan fingerprint density at radius 3 is 2.93 bits per heavy atom. The highest BCUT2D eigenvalue weighted by atomic mass is 16.3. The molecule has 1 heterocycles. The van der Waals surface area contributed by atoms with Gasteiger partial charge in [0.05, 0.1) is 5.39 Å². The van der Waals surface area contributed by atoms with E-state index in [-0.39, 0.29) is 5.75 Å². The van der Waals surface area contributed by atoms with E-state index in [1.54, 1.807) is 6.20 Å². The molecule has 0 saturated carbocycles. The second-order valence-electron chi connectivity index (χ2n) is 3.21. The minimum Gasteiger partial charge on any atom is -0.507 e. The van der Waals surface area contributed by atoms with Crippen molar-refractivity contribution in [1.29, 1.82) is 0 Å². The summed E-state index contributed by atoms with van der Waals surface area (Å²) in [6.45, 7) is 1.97. The van der Waals surface area contributed by atoms with Crippen LogP contribution in [0.3, 0.4) is 0 Å². The van der Waals surface area contributed by atoms with Crippen molar-refractivity contribution in [3.8, 4) is 5.75 Å². The lowest BCUT2D eigenvalue weighted by Crippen LogP contribution is -1.83. The number of aromatic amines is 1. The molecular weight excluding hydrogens is 178 g/mol.